The Morgan fingerprint density at radius 1 is 1.18 bits per heavy atom. The Labute approximate surface area is 166 Å². The highest BCUT2D eigenvalue weighted by molar-refractivity contribution is 5.33. The molecule has 0 radical (unpaired) electrons. The second kappa shape index (κ2) is 10.5. The molecule has 0 spiro atoms. The first-order valence-corrected chi connectivity index (χ1v) is 9.88. The highest BCUT2D eigenvalue weighted by atomic mass is 16.5. The molecule has 6 heteroatoms. The van der Waals surface area contributed by atoms with Gasteiger partial charge in [0.25, 0.3) is 0 Å². The first kappa shape index (κ1) is 20.7. The number of fused-ring (bicyclic) bond motifs is 1. The van der Waals surface area contributed by atoms with E-state index in [-0.39, 0.29) is 6.61 Å². The van der Waals surface area contributed by atoms with Crippen LogP contribution in [0.25, 0.3) is 0 Å². The number of hydrogen-bond donors (Lipinski definition) is 2. The van der Waals surface area contributed by atoms with Gasteiger partial charge in [0, 0.05) is 32.6 Å². The Morgan fingerprint density at radius 3 is 2.82 bits per heavy atom. The monoisotopic (exact) mass is 386 g/mol. The van der Waals surface area contributed by atoms with Crippen molar-refractivity contribution in [3.05, 3.63) is 59.9 Å². The van der Waals surface area contributed by atoms with Gasteiger partial charge in [0.2, 0.25) is 0 Å². The minimum absolute atomic E-state index is 0.0284. The molecule has 3 rings (SSSR count). The zero-order valence-electron chi connectivity index (χ0n) is 16.4. The third kappa shape index (κ3) is 5.75. The first-order chi connectivity index (χ1) is 13.7. The lowest BCUT2D eigenvalue weighted by atomic mass is 10.1. The van der Waals surface area contributed by atoms with Gasteiger partial charge in [0.1, 0.15) is 24.6 Å². The van der Waals surface area contributed by atoms with E-state index < -0.39 is 18.3 Å². The summed E-state index contributed by atoms with van der Waals surface area (Å²) < 4.78 is 11.3. The first-order valence-electron chi connectivity index (χ1n) is 9.88. The Kier molecular flexibility index (Phi) is 7.80. The fraction of sp³-hybridized carbons (Fsp3) is 0.500. The highest BCUT2D eigenvalue weighted by Crippen LogP contribution is 2.22. The fourth-order valence-electron chi connectivity index (χ4n) is 3.58. The van der Waals surface area contributed by atoms with E-state index in [0.717, 1.165) is 49.2 Å². The van der Waals surface area contributed by atoms with Gasteiger partial charge in [-0.15, -0.1) is 0 Å². The summed E-state index contributed by atoms with van der Waals surface area (Å²) in [5, 5.41) is 21.1. The average Bonchev–Trinajstić information content (AvgIpc) is 2.74. The van der Waals surface area contributed by atoms with Crippen molar-refractivity contribution in [3.8, 4) is 5.75 Å². The van der Waals surface area contributed by atoms with Crippen LogP contribution in [0.2, 0.25) is 0 Å². The fourth-order valence-corrected chi connectivity index (χ4v) is 3.58. The molecule has 152 valence electrons. The minimum atomic E-state index is -1.03. The minimum Gasteiger partial charge on any atom is -0.491 e. The summed E-state index contributed by atoms with van der Waals surface area (Å²) in [5.41, 5.74) is 2.25. The molecule has 1 aromatic heterocycles. The molecule has 28 heavy (non-hydrogen) atoms. The van der Waals surface area contributed by atoms with E-state index in [0.29, 0.717) is 6.54 Å². The molecule has 0 unspecified atom stereocenters. The van der Waals surface area contributed by atoms with Gasteiger partial charge < -0.3 is 19.7 Å². The van der Waals surface area contributed by atoms with E-state index in [4.69, 9.17) is 9.47 Å². The molecule has 2 aromatic rings. The molecule has 2 N–H and O–H groups in total. The average molecular weight is 386 g/mol. The lowest BCUT2D eigenvalue weighted by Gasteiger charge is -2.31. The number of rotatable bonds is 3. The molecule has 2 heterocycles. The summed E-state index contributed by atoms with van der Waals surface area (Å²) in [6.07, 6.45) is 4.02. The SMILES string of the molecule is CO[C@H]1CN(Cc2cccnc2)CCCCc2ccccc2OC[C@@H](O)[C@H]1O. The number of hydrogen-bond acceptors (Lipinski definition) is 6. The molecule has 1 aliphatic heterocycles. The van der Waals surface area contributed by atoms with Crippen LogP contribution < -0.4 is 4.74 Å². The third-order valence-corrected chi connectivity index (χ3v) is 5.20. The number of para-hydroxylation sites is 1. The van der Waals surface area contributed by atoms with E-state index >= 15 is 0 Å². The molecule has 0 bridgehead atoms. The molecule has 1 aliphatic rings. The van der Waals surface area contributed by atoms with Crippen LogP contribution in [0, 0.1) is 0 Å². The summed E-state index contributed by atoms with van der Waals surface area (Å²) in [6, 6.07) is 11.9. The Morgan fingerprint density at radius 2 is 2.04 bits per heavy atom. The molecule has 0 saturated heterocycles. The van der Waals surface area contributed by atoms with Gasteiger partial charge in [0.15, 0.2) is 0 Å². The zero-order valence-corrected chi connectivity index (χ0v) is 16.4. The Hall–Kier alpha value is -1.99. The van der Waals surface area contributed by atoms with Gasteiger partial charge in [-0.05, 0) is 49.1 Å². The highest BCUT2D eigenvalue weighted by Gasteiger charge is 2.29. The molecule has 0 aliphatic carbocycles. The van der Waals surface area contributed by atoms with Crippen molar-refractivity contribution in [2.75, 3.05) is 26.8 Å². The Balaban J connectivity index is 1.76. The number of aliphatic hydroxyl groups excluding tert-OH is 2. The van der Waals surface area contributed by atoms with Crippen molar-refractivity contribution in [1.29, 1.82) is 0 Å². The number of methoxy groups -OCH3 is 1. The zero-order chi connectivity index (χ0) is 19.8. The van der Waals surface area contributed by atoms with Crippen LogP contribution in [-0.2, 0) is 17.7 Å². The van der Waals surface area contributed by atoms with Gasteiger partial charge in [-0.2, -0.15) is 0 Å². The lowest BCUT2D eigenvalue weighted by molar-refractivity contribution is -0.0955. The van der Waals surface area contributed by atoms with Gasteiger partial charge >= 0.3 is 0 Å². The number of aromatic nitrogens is 1. The predicted octanol–water partition coefficient (Wildman–Crippen LogP) is 2.04. The van der Waals surface area contributed by atoms with Gasteiger partial charge in [-0.3, -0.25) is 9.88 Å². The van der Waals surface area contributed by atoms with Crippen molar-refractivity contribution in [3.63, 3.8) is 0 Å². The Bertz CT molecular complexity index is 713. The summed E-state index contributed by atoms with van der Waals surface area (Å²) >= 11 is 0. The van der Waals surface area contributed by atoms with Crippen LogP contribution in [0.4, 0.5) is 0 Å². The summed E-state index contributed by atoms with van der Waals surface area (Å²) in [6.45, 7) is 2.15. The topological polar surface area (TPSA) is 75.1 Å². The normalized spacial score (nSPS) is 24.9. The van der Waals surface area contributed by atoms with E-state index in [1.807, 2.05) is 36.5 Å². The van der Waals surface area contributed by atoms with Crippen LogP contribution in [0.5, 0.6) is 5.75 Å². The number of nitrogens with zero attached hydrogens (tertiary/aromatic N) is 2. The number of aliphatic hydroxyl groups is 2. The third-order valence-electron chi connectivity index (χ3n) is 5.20. The van der Waals surface area contributed by atoms with Gasteiger partial charge in [0.05, 0.1) is 6.10 Å². The number of benzene rings is 1. The van der Waals surface area contributed by atoms with E-state index in [1.165, 1.54) is 0 Å². The van der Waals surface area contributed by atoms with Crippen LogP contribution in [-0.4, -0.2) is 65.2 Å². The quantitative estimate of drug-likeness (QED) is 0.841. The van der Waals surface area contributed by atoms with Crippen LogP contribution in [0.3, 0.4) is 0 Å². The van der Waals surface area contributed by atoms with Crippen molar-refractivity contribution < 1.29 is 19.7 Å². The lowest BCUT2D eigenvalue weighted by Crippen LogP contribution is -2.47. The summed E-state index contributed by atoms with van der Waals surface area (Å²) in [4.78, 5) is 6.45. The summed E-state index contributed by atoms with van der Waals surface area (Å²) in [5.74, 6) is 0.772. The second-order valence-electron chi connectivity index (χ2n) is 7.30. The van der Waals surface area contributed by atoms with Crippen LogP contribution in [0.1, 0.15) is 24.0 Å². The van der Waals surface area contributed by atoms with Gasteiger partial charge in [-0.1, -0.05) is 24.3 Å². The van der Waals surface area contributed by atoms with Crippen molar-refractivity contribution >= 4 is 0 Å². The maximum Gasteiger partial charge on any atom is 0.122 e. The molecule has 6 nitrogen and oxygen atoms in total. The molecule has 1 aromatic carbocycles. The smallest absolute Gasteiger partial charge is 0.122 e. The van der Waals surface area contributed by atoms with E-state index in [9.17, 15) is 10.2 Å². The molecule has 0 fully saturated rings. The standard InChI is InChI=1S/C22H30N2O4/c1-27-21-15-24(14-17-7-6-11-23-13-17)12-5-4-9-18-8-2-3-10-20(18)28-16-19(25)22(21)26/h2-3,6-8,10-11,13,19,21-22,25-26H,4-5,9,12,14-16H2,1H3/t19-,21+,22-/m1/s1. The van der Waals surface area contributed by atoms with E-state index in [1.54, 1.807) is 13.3 Å². The van der Waals surface area contributed by atoms with Crippen molar-refractivity contribution in [2.45, 2.75) is 44.1 Å². The predicted molar refractivity (Wildman–Crippen MR) is 107 cm³/mol. The van der Waals surface area contributed by atoms with Crippen LogP contribution in [0.15, 0.2) is 48.8 Å². The number of aryl methyl sites for hydroxylation is 1. The number of ether oxygens (including phenoxy) is 2. The van der Waals surface area contributed by atoms with Crippen molar-refractivity contribution in [1.82, 2.24) is 9.88 Å². The second-order valence-corrected chi connectivity index (χ2v) is 7.30. The molecule has 0 amide bonds. The van der Waals surface area contributed by atoms with Crippen LogP contribution >= 0.6 is 0 Å². The maximum atomic E-state index is 10.6. The largest absolute Gasteiger partial charge is 0.491 e. The molecular weight excluding hydrogens is 356 g/mol. The molecule has 3 atom stereocenters. The van der Waals surface area contributed by atoms with Crippen molar-refractivity contribution in [2.24, 2.45) is 0 Å². The molecular formula is C22H30N2O4. The van der Waals surface area contributed by atoms with E-state index in [2.05, 4.69) is 16.0 Å². The number of pyridine rings is 1. The maximum absolute atomic E-state index is 10.6. The summed E-state index contributed by atoms with van der Waals surface area (Å²) in [7, 11) is 1.57. The van der Waals surface area contributed by atoms with Gasteiger partial charge in [-0.25, -0.2) is 0 Å². The molecule has 0 saturated carbocycles.